The number of rotatable bonds is 8. The van der Waals surface area contributed by atoms with Crippen molar-refractivity contribution in [1.82, 2.24) is 10.3 Å². The number of hydrogen-bond acceptors (Lipinski definition) is 2. The van der Waals surface area contributed by atoms with Crippen LogP contribution in [0.15, 0.2) is 24.5 Å². The van der Waals surface area contributed by atoms with Crippen LogP contribution in [0.25, 0.3) is 0 Å². The molecule has 0 bridgehead atoms. The minimum Gasteiger partial charge on any atom is -0.314 e. The summed E-state index contributed by atoms with van der Waals surface area (Å²) in [6.07, 6.45) is 1.12. The Kier molecular flexibility index (Phi) is 6.84. The normalized spacial score (nSPS) is 13.5. The Bertz CT molecular complexity index is 338. The molecule has 1 atom stereocenters. The van der Waals surface area contributed by atoms with E-state index in [1.54, 1.807) is 12.4 Å². The van der Waals surface area contributed by atoms with Crippen LogP contribution in [0.1, 0.15) is 38.2 Å². The molecule has 1 rings (SSSR count). The summed E-state index contributed by atoms with van der Waals surface area (Å²) in [7, 11) is 0. The fourth-order valence-electron chi connectivity index (χ4n) is 1.98. The summed E-state index contributed by atoms with van der Waals surface area (Å²) in [4.78, 5) is 4.03. The Balaban J connectivity index is 2.42. The van der Waals surface area contributed by atoms with Gasteiger partial charge in [0.05, 0.1) is 0 Å². The van der Waals surface area contributed by atoms with Crippen molar-refractivity contribution >= 4 is 0 Å². The van der Waals surface area contributed by atoms with Crippen LogP contribution in [0.3, 0.4) is 0 Å². The molecule has 0 fully saturated rings. The van der Waals surface area contributed by atoms with E-state index in [4.69, 9.17) is 0 Å². The quantitative estimate of drug-likeness (QED) is 0.781. The highest BCUT2D eigenvalue weighted by molar-refractivity contribution is 5.10. The van der Waals surface area contributed by atoms with Crippen molar-refractivity contribution in [1.29, 1.82) is 0 Å². The van der Waals surface area contributed by atoms with Crippen molar-refractivity contribution in [2.24, 2.45) is 0 Å². The van der Waals surface area contributed by atoms with E-state index in [1.165, 1.54) is 0 Å². The lowest BCUT2D eigenvalue weighted by Crippen LogP contribution is -2.32. The molecule has 1 aromatic rings. The number of halogens is 3. The molecule has 1 heterocycles. The molecule has 108 valence electrons. The summed E-state index contributed by atoms with van der Waals surface area (Å²) >= 11 is 0. The zero-order valence-corrected chi connectivity index (χ0v) is 11.2. The molecular weight excluding hydrogens is 253 g/mol. The van der Waals surface area contributed by atoms with Crippen molar-refractivity contribution < 1.29 is 13.2 Å². The van der Waals surface area contributed by atoms with Gasteiger partial charge in [-0.1, -0.05) is 13.0 Å². The van der Waals surface area contributed by atoms with Gasteiger partial charge in [0, 0.05) is 24.9 Å². The van der Waals surface area contributed by atoms with E-state index >= 15 is 0 Å². The van der Waals surface area contributed by atoms with E-state index < -0.39 is 12.6 Å². The van der Waals surface area contributed by atoms with Gasteiger partial charge in [-0.2, -0.15) is 13.2 Å². The molecule has 0 radical (unpaired) electrons. The molecule has 1 N–H and O–H groups in total. The number of alkyl halides is 3. The lowest BCUT2D eigenvalue weighted by Gasteiger charge is -2.19. The van der Waals surface area contributed by atoms with Crippen molar-refractivity contribution in [2.45, 2.75) is 51.2 Å². The topological polar surface area (TPSA) is 24.9 Å². The molecule has 0 amide bonds. The second-order valence-electron chi connectivity index (χ2n) is 4.72. The van der Waals surface area contributed by atoms with Crippen LogP contribution in [-0.2, 0) is 6.42 Å². The Morgan fingerprint density at radius 1 is 1.37 bits per heavy atom. The minimum absolute atomic E-state index is 0.0894. The molecule has 19 heavy (non-hydrogen) atoms. The van der Waals surface area contributed by atoms with Crippen LogP contribution in [0.2, 0.25) is 0 Å². The first-order valence-electron chi connectivity index (χ1n) is 6.70. The number of hydrogen-bond donors (Lipinski definition) is 1. The third-order valence-electron chi connectivity index (χ3n) is 2.90. The van der Waals surface area contributed by atoms with Crippen LogP contribution in [0.4, 0.5) is 13.2 Å². The SMILES string of the molecule is CCCNC(CCCC(F)(F)F)Cc1cccnc1. The van der Waals surface area contributed by atoms with Gasteiger partial charge in [0.15, 0.2) is 0 Å². The van der Waals surface area contributed by atoms with E-state index in [0.29, 0.717) is 6.42 Å². The van der Waals surface area contributed by atoms with Gasteiger partial charge >= 0.3 is 6.18 Å². The van der Waals surface area contributed by atoms with E-state index in [-0.39, 0.29) is 12.5 Å². The van der Waals surface area contributed by atoms with Crippen molar-refractivity contribution in [3.63, 3.8) is 0 Å². The molecule has 0 saturated heterocycles. The third-order valence-corrected chi connectivity index (χ3v) is 2.90. The van der Waals surface area contributed by atoms with Crippen LogP contribution in [-0.4, -0.2) is 23.7 Å². The highest BCUT2D eigenvalue weighted by Gasteiger charge is 2.26. The highest BCUT2D eigenvalue weighted by Crippen LogP contribution is 2.23. The minimum atomic E-state index is -4.05. The lowest BCUT2D eigenvalue weighted by atomic mass is 10.0. The van der Waals surface area contributed by atoms with Crippen LogP contribution in [0, 0.1) is 0 Å². The fraction of sp³-hybridized carbons (Fsp3) is 0.643. The van der Waals surface area contributed by atoms with E-state index in [1.807, 2.05) is 19.1 Å². The van der Waals surface area contributed by atoms with E-state index in [9.17, 15) is 13.2 Å². The molecule has 1 aromatic heterocycles. The first-order chi connectivity index (χ1) is 9.01. The maximum atomic E-state index is 12.2. The molecule has 0 aromatic carbocycles. The van der Waals surface area contributed by atoms with Gasteiger partial charge in [-0.15, -0.1) is 0 Å². The molecule has 2 nitrogen and oxygen atoms in total. The summed E-state index contributed by atoms with van der Waals surface area (Å²) in [6, 6.07) is 3.89. The zero-order valence-electron chi connectivity index (χ0n) is 11.2. The average Bonchev–Trinajstić information content (AvgIpc) is 2.35. The summed E-state index contributed by atoms with van der Waals surface area (Å²) in [5.41, 5.74) is 1.06. The van der Waals surface area contributed by atoms with Gasteiger partial charge in [-0.25, -0.2) is 0 Å². The van der Waals surface area contributed by atoms with Gasteiger partial charge in [0.1, 0.15) is 0 Å². The third kappa shape index (κ3) is 7.82. The first-order valence-corrected chi connectivity index (χ1v) is 6.70. The second-order valence-corrected chi connectivity index (χ2v) is 4.72. The molecule has 0 spiro atoms. The number of nitrogens with zero attached hydrogens (tertiary/aromatic N) is 1. The van der Waals surface area contributed by atoms with Gasteiger partial charge in [-0.05, 0) is 43.9 Å². The van der Waals surface area contributed by atoms with Gasteiger partial charge in [0.2, 0.25) is 0 Å². The molecule has 0 aliphatic carbocycles. The summed E-state index contributed by atoms with van der Waals surface area (Å²) in [6.45, 7) is 2.88. The van der Waals surface area contributed by atoms with Crippen LogP contribution >= 0.6 is 0 Å². The number of aromatic nitrogens is 1. The summed E-state index contributed by atoms with van der Waals surface area (Å²) in [5, 5.41) is 3.31. The standard InChI is InChI=1S/C14H21F3N2/c1-2-8-19-13(6-3-7-14(15,16)17)10-12-5-4-9-18-11-12/h4-5,9,11,13,19H,2-3,6-8,10H2,1H3. The van der Waals surface area contributed by atoms with Crippen molar-refractivity contribution in [3.05, 3.63) is 30.1 Å². The average molecular weight is 274 g/mol. The maximum absolute atomic E-state index is 12.2. The smallest absolute Gasteiger partial charge is 0.314 e. The predicted molar refractivity (Wildman–Crippen MR) is 69.9 cm³/mol. The van der Waals surface area contributed by atoms with Gasteiger partial charge in [-0.3, -0.25) is 4.98 Å². The second kappa shape index (κ2) is 8.15. The summed E-state index contributed by atoms with van der Waals surface area (Å²) in [5.74, 6) is 0. The van der Waals surface area contributed by atoms with Crippen LogP contribution < -0.4 is 5.32 Å². The number of nitrogens with one attached hydrogen (secondary N) is 1. The summed E-state index contributed by atoms with van der Waals surface area (Å²) < 4.78 is 36.5. The zero-order chi connectivity index (χ0) is 14.1. The fourth-order valence-corrected chi connectivity index (χ4v) is 1.98. The highest BCUT2D eigenvalue weighted by atomic mass is 19.4. The number of pyridine rings is 1. The largest absolute Gasteiger partial charge is 0.389 e. The van der Waals surface area contributed by atoms with E-state index in [0.717, 1.165) is 24.9 Å². The maximum Gasteiger partial charge on any atom is 0.389 e. The molecule has 0 aliphatic heterocycles. The van der Waals surface area contributed by atoms with Crippen molar-refractivity contribution in [2.75, 3.05) is 6.54 Å². The molecular formula is C14H21F3N2. The first kappa shape index (κ1) is 16.0. The van der Waals surface area contributed by atoms with Crippen molar-refractivity contribution in [3.8, 4) is 0 Å². The molecule has 0 aliphatic rings. The molecule has 5 heteroatoms. The van der Waals surface area contributed by atoms with Gasteiger partial charge < -0.3 is 5.32 Å². The predicted octanol–water partition coefficient (Wildman–Crippen LogP) is 3.72. The van der Waals surface area contributed by atoms with Crippen LogP contribution in [0.5, 0.6) is 0 Å². The Morgan fingerprint density at radius 3 is 2.74 bits per heavy atom. The Labute approximate surface area is 112 Å². The molecule has 1 unspecified atom stereocenters. The monoisotopic (exact) mass is 274 g/mol. The Morgan fingerprint density at radius 2 is 2.16 bits per heavy atom. The Hall–Kier alpha value is -1.10. The van der Waals surface area contributed by atoms with Gasteiger partial charge in [0.25, 0.3) is 0 Å². The van der Waals surface area contributed by atoms with E-state index in [2.05, 4.69) is 10.3 Å². The lowest BCUT2D eigenvalue weighted by molar-refractivity contribution is -0.135. The molecule has 0 saturated carbocycles.